The summed E-state index contributed by atoms with van der Waals surface area (Å²) in [6.07, 6.45) is 70.0. The predicted molar refractivity (Wildman–Crippen MR) is 296 cm³/mol. The van der Waals surface area contributed by atoms with Gasteiger partial charge in [0.2, 0.25) is 5.91 Å². The second-order valence-electron chi connectivity index (χ2n) is 20.2. The van der Waals surface area contributed by atoms with Crippen molar-refractivity contribution in [2.75, 3.05) is 6.61 Å². The van der Waals surface area contributed by atoms with E-state index in [1.165, 1.54) is 180 Å². The molecule has 0 fully saturated rings. The molecule has 3 atom stereocenters. The van der Waals surface area contributed by atoms with E-state index in [2.05, 4.69) is 56.5 Å². The third-order valence-corrected chi connectivity index (χ3v) is 13.5. The number of hydrogen-bond acceptors (Lipinski definition) is 5. The minimum atomic E-state index is -0.801. The van der Waals surface area contributed by atoms with E-state index in [1.807, 2.05) is 30.4 Å². The highest BCUT2D eigenvalue weighted by Gasteiger charge is 2.24. The number of nitrogens with one attached hydrogen (secondary N) is 1. The summed E-state index contributed by atoms with van der Waals surface area (Å²) in [6, 6.07) is -0.717. The Morgan fingerprint density at radius 3 is 1.19 bits per heavy atom. The van der Waals surface area contributed by atoms with Crippen molar-refractivity contribution >= 4 is 11.9 Å². The number of carbonyl (C=O) groups is 2. The summed E-state index contributed by atoms with van der Waals surface area (Å²) in [6.45, 7) is 6.42. The molecule has 0 saturated carbocycles. The van der Waals surface area contributed by atoms with E-state index in [1.54, 1.807) is 0 Å². The molecule has 68 heavy (non-hydrogen) atoms. The van der Waals surface area contributed by atoms with Gasteiger partial charge in [0.05, 0.1) is 25.2 Å². The van der Waals surface area contributed by atoms with Crippen molar-refractivity contribution in [3.8, 4) is 0 Å². The lowest BCUT2D eigenvalue weighted by molar-refractivity contribution is -0.151. The van der Waals surface area contributed by atoms with Crippen LogP contribution >= 0.6 is 0 Å². The molecule has 0 aromatic rings. The van der Waals surface area contributed by atoms with Gasteiger partial charge in [-0.3, -0.25) is 9.59 Å². The summed E-state index contributed by atoms with van der Waals surface area (Å²) < 4.78 is 5.95. The van der Waals surface area contributed by atoms with Crippen LogP contribution < -0.4 is 5.32 Å². The number of esters is 1. The van der Waals surface area contributed by atoms with Crippen LogP contribution in [0.4, 0.5) is 0 Å². The molecule has 0 heterocycles. The van der Waals surface area contributed by atoms with E-state index >= 15 is 0 Å². The zero-order valence-electron chi connectivity index (χ0n) is 45.2. The summed E-state index contributed by atoms with van der Waals surface area (Å²) in [5.41, 5.74) is 0. The van der Waals surface area contributed by atoms with Crippen LogP contribution in [0.15, 0.2) is 60.8 Å². The average molecular weight is 953 g/mol. The maximum atomic E-state index is 13.3. The molecule has 0 saturated heterocycles. The summed E-state index contributed by atoms with van der Waals surface area (Å²) in [7, 11) is 0. The molecule has 0 aliphatic carbocycles. The van der Waals surface area contributed by atoms with Crippen LogP contribution in [0.1, 0.15) is 297 Å². The fraction of sp³-hybridized carbons (Fsp3) is 0.806. The lowest BCUT2D eigenvalue weighted by atomic mass is 10.0. The van der Waals surface area contributed by atoms with Crippen LogP contribution in [-0.4, -0.2) is 46.9 Å². The Bertz CT molecular complexity index is 1210. The number of aliphatic hydroxyl groups is 2. The normalized spacial score (nSPS) is 13.5. The van der Waals surface area contributed by atoms with Gasteiger partial charge < -0.3 is 20.3 Å². The molecular formula is C62H113NO5. The molecule has 3 N–H and O–H groups in total. The van der Waals surface area contributed by atoms with Crippen molar-refractivity contribution in [2.24, 2.45) is 0 Å². The van der Waals surface area contributed by atoms with Gasteiger partial charge in [0.25, 0.3) is 0 Å². The Hall–Kier alpha value is -2.44. The average Bonchev–Trinajstić information content (AvgIpc) is 3.33. The number of aliphatic hydroxyl groups excluding tert-OH is 2. The fourth-order valence-corrected chi connectivity index (χ4v) is 8.99. The van der Waals surface area contributed by atoms with Crippen LogP contribution in [0, 0.1) is 0 Å². The number of ether oxygens (including phenoxy) is 1. The minimum absolute atomic E-state index is 0.0511. The van der Waals surface area contributed by atoms with E-state index in [0.717, 1.165) is 70.6 Å². The lowest BCUT2D eigenvalue weighted by Crippen LogP contribution is -2.46. The van der Waals surface area contributed by atoms with Crippen LogP contribution in [0.25, 0.3) is 0 Å². The van der Waals surface area contributed by atoms with Gasteiger partial charge in [-0.15, -0.1) is 0 Å². The summed E-state index contributed by atoms with van der Waals surface area (Å²) >= 11 is 0. The zero-order valence-corrected chi connectivity index (χ0v) is 45.2. The van der Waals surface area contributed by atoms with Crippen molar-refractivity contribution < 1.29 is 24.5 Å². The maximum absolute atomic E-state index is 13.3. The first kappa shape index (κ1) is 65.6. The monoisotopic (exact) mass is 952 g/mol. The number of hydrogen-bond donors (Lipinski definition) is 3. The van der Waals surface area contributed by atoms with E-state index in [-0.39, 0.29) is 24.9 Å². The van der Waals surface area contributed by atoms with Crippen molar-refractivity contribution in [3.63, 3.8) is 0 Å². The van der Waals surface area contributed by atoms with Gasteiger partial charge in [-0.25, -0.2) is 0 Å². The molecule has 0 bridgehead atoms. The highest BCUT2D eigenvalue weighted by molar-refractivity contribution is 5.77. The molecule has 0 aliphatic rings. The van der Waals surface area contributed by atoms with Crippen LogP contribution in [0.2, 0.25) is 0 Å². The Balaban J connectivity index is 4.60. The number of allylic oxidation sites excluding steroid dienone is 10. The quantitative estimate of drug-likeness (QED) is 0.0321. The minimum Gasteiger partial charge on any atom is -0.462 e. The fourth-order valence-electron chi connectivity index (χ4n) is 8.99. The number of unbranched alkanes of at least 4 members (excludes halogenated alkanes) is 35. The molecule has 0 radical (unpaired) electrons. The first-order valence-corrected chi connectivity index (χ1v) is 29.6. The molecule has 0 spiro atoms. The topological polar surface area (TPSA) is 95.9 Å². The number of rotatable bonds is 53. The third-order valence-electron chi connectivity index (χ3n) is 13.5. The smallest absolute Gasteiger partial charge is 0.306 e. The first-order chi connectivity index (χ1) is 33.5. The van der Waals surface area contributed by atoms with Gasteiger partial charge >= 0.3 is 5.97 Å². The molecule has 1 amide bonds. The summed E-state index contributed by atoms with van der Waals surface area (Å²) in [5.74, 6) is -0.504. The van der Waals surface area contributed by atoms with Gasteiger partial charge in [-0.05, 0) is 44.9 Å². The zero-order chi connectivity index (χ0) is 49.5. The Labute approximate surface area is 422 Å². The maximum Gasteiger partial charge on any atom is 0.306 e. The Kier molecular flexibility index (Phi) is 53.5. The standard InChI is InChI=1S/C62H113NO5/c1-4-7-10-13-16-19-22-25-28-31-34-37-40-43-46-49-52-55-62(67)68-58(53-50-47-44-41-38-35-32-29-26-23-20-17-14-11-8-5-2)56-61(66)63-59(57-64)60(65)54-51-48-45-42-39-36-33-30-27-24-21-18-15-12-9-6-3/h11,14,17,20,23,26,29,32,35,38,58-60,64-65H,4-10,12-13,15-16,18-19,21-22,24-25,27-28,30-31,33-34,36-37,39-57H2,1-3H3,(H,63,66)/b14-11+,20-17+,26-23+,32-29+,38-35+. The van der Waals surface area contributed by atoms with E-state index in [9.17, 15) is 19.8 Å². The summed E-state index contributed by atoms with van der Waals surface area (Å²) in [5, 5.41) is 23.9. The van der Waals surface area contributed by atoms with E-state index < -0.39 is 18.2 Å². The van der Waals surface area contributed by atoms with Crippen molar-refractivity contribution in [3.05, 3.63) is 60.8 Å². The molecule has 6 nitrogen and oxygen atoms in total. The first-order valence-electron chi connectivity index (χ1n) is 29.6. The van der Waals surface area contributed by atoms with Crippen LogP contribution in [0.5, 0.6) is 0 Å². The van der Waals surface area contributed by atoms with Crippen molar-refractivity contribution in [1.29, 1.82) is 0 Å². The molecule has 0 aromatic heterocycles. The van der Waals surface area contributed by atoms with Crippen molar-refractivity contribution in [1.82, 2.24) is 5.32 Å². The van der Waals surface area contributed by atoms with E-state index in [0.29, 0.717) is 19.3 Å². The Morgan fingerprint density at radius 1 is 0.426 bits per heavy atom. The van der Waals surface area contributed by atoms with Crippen molar-refractivity contribution in [2.45, 2.75) is 315 Å². The molecular weight excluding hydrogens is 839 g/mol. The lowest BCUT2D eigenvalue weighted by Gasteiger charge is -2.24. The van der Waals surface area contributed by atoms with Crippen LogP contribution in [0.3, 0.4) is 0 Å². The van der Waals surface area contributed by atoms with Gasteiger partial charge in [-0.2, -0.15) is 0 Å². The summed E-state index contributed by atoms with van der Waals surface area (Å²) in [4.78, 5) is 26.3. The Morgan fingerprint density at radius 2 is 0.779 bits per heavy atom. The highest BCUT2D eigenvalue weighted by atomic mass is 16.5. The molecule has 6 heteroatoms. The predicted octanol–water partition coefficient (Wildman–Crippen LogP) is 18.4. The third kappa shape index (κ3) is 50.0. The largest absolute Gasteiger partial charge is 0.462 e. The van der Waals surface area contributed by atoms with Gasteiger partial charge in [-0.1, -0.05) is 300 Å². The molecule has 3 unspecified atom stereocenters. The second-order valence-corrected chi connectivity index (χ2v) is 20.2. The van der Waals surface area contributed by atoms with Gasteiger partial charge in [0.15, 0.2) is 0 Å². The SMILES string of the molecule is CCC/C=C/C=C/C=C/C=C/C=C/CCCCCC(CC(=O)NC(CO)C(O)CCCCCCCCCCCCCCCCCC)OC(=O)CCCCCCCCCCCCCCCCCCC. The van der Waals surface area contributed by atoms with Crippen LogP contribution in [-0.2, 0) is 14.3 Å². The van der Waals surface area contributed by atoms with Gasteiger partial charge in [0, 0.05) is 6.42 Å². The number of carbonyl (C=O) groups excluding carboxylic acids is 2. The molecule has 0 rings (SSSR count). The van der Waals surface area contributed by atoms with Gasteiger partial charge in [0.1, 0.15) is 6.10 Å². The molecule has 0 aliphatic heterocycles. The number of amides is 1. The second kappa shape index (κ2) is 55.5. The molecule has 0 aromatic carbocycles. The van der Waals surface area contributed by atoms with E-state index in [4.69, 9.17) is 4.74 Å². The molecule has 396 valence electrons. The highest BCUT2D eigenvalue weighted by Crippen LogP contribution is 2.19.